The summed E-state index contributed by atoms with van der Waals surface area (Å²) in [6, 6.07) is 16.6. The second kappa shape index (κ2) is 7.53. The number of alkyl halides is 2. The molecule has 0 radical (unpaired) electrons. The molecule has 0 aromatic heterocycles. The largest absolute Gasteiger partial charge is 0.396 e. The van der Waals surface area contributed by atoms with Gasteiger partial charge in [0.05, 0.1) is 19.3 Å². The van der Waals surface area contributed by atoms with Gasteiger partial charge in [0.15, 0.2) is 0 Å². The minimum atomic E-state index is -0.845. The summed E-state index contributed by atoms with van der Waals surface area (Å²) in [5.74, 6) is 0. The van der Waals surface area contributed by atoms with Crippen LogP contribution in [-0.4, -0.2) is 21.2 Å². The van der Waals surface area contributed by atoms with Gasteiger partial charge in [-0.25, -0.2) is 0 Å². The molecule has 2 atom stereocenters. The van der Waals surface area contributed by atoms with Crippen molar-refractivity contribution in [2.45, 2.75) is 23.1 Å². The van der Waals surface area contributed by atoms with E-state index in [9.17, 15) is 5.11 Å². The number of aliphatic hydroxyl groups excluding tert-OH is 1. The summed E-state index contributed by atoms with van der Waals surface area (Å²) in [5, 5.41) is 12.1. The second-order valence-electron chi connectivity index (χ2n) is 6.97. The Morgan fingerprint density at radius 2 is 1.42 bits per heavy atom. The van der Waals surface area contributed by atoms with Crippen LogP contribution in [0.2, 0.25) is 0 Å². The summed E-state index contributed by atoms with van der Waals surface area (Å²) >= 11 is 14.1. The van der Waals surface area contributed by atoms with E-state index in [-0.39, 0.29) is 32.8 Å². The molecule has 0 saturated heterocycles. The molecule has 0 aliphatic heterocycles. The van der Waals surface area contributed by atoms with E-state index < -0.39 is 19.3 Å². The van der Waals surface area contributed by atoms with E-state index in [0.29, 0.717) is 6.42 Å². The van der Waals surface area contributed by atoms with Gasteiger partial charge in [-0.3, -0.25) is 0 Å². The Labute approximate surface area is 186 Å². The molecule has 0 saturated carbocycles. The molecular formula is C21H20Cl2OSiZr. The maximum Gasteiger partial charge on any atom is 0.0897 e. The topological polar surface area (TPSA) is 20.2 Å². The molecule has 0 heterocycles. The maximum absolute atomic E-state index is 9.60. The van der Waals surface area contributed by atoms with Crippen LogP contribution in [0, 0.1) is 0 Å². The van der Waals surface area contributed by atoms with Crippen LogP contribution in [0.5, 0.6) is 0 Å². The number of halogens is 2. The van der Waals surface area contributed by atoms with Crippen molar-refractivity contribution in [1.29, 1.82) is 0 Å². The third kappa shape index (κ3) is 3.16. The van der Waals surface area contributed by atoms with Crippen molar-refractivity contribution < 1.29 is 31.3 Å². The number of fused-ring (bicyclic) bond motifs is 2. The van der Waals surface area contributed by atoms with Crippen molar-refractivity contribution in [3.05, 3.63) is 81.2 Å². The fourth-order valence-corrected chi connectivity index (χ4v) is 7.23. The molecule has 26 heavy (non-hydrogen) atoms. The van der Waals surface area contributed by atoms with E-state index in [0.717, 1.165) is 5.56 Å². The van der Waals surface area contributed by atoms with Crippen molar-refractivity contribution in [3.8, 4) is 0 Å². The summed E-state index contributed by atoms with van der Waals surface area (Å²) in [4.78, 5) is -1.06. The van der Waals surface area contributed by atoms with Crippen LogP contribution in [0.25, 0.3) is 12.2 Å². The van der Waals surface area contributed by atoms with E-state index in [4.69, 9.17) is 23.2 Å². The first kappa shape index (κ1) is 20.3. The standard InChI is InChI=1S/C21H20Cl2OSi.Zr/c1-20(22)16-8-4-2-6-14(16)12-18(20)25-19-13-15-7-3-5-9-17(15)21(19,23)10-11-24;/h2-9,12-13,24H,10-11,25H2,1H3;. The normalized spacial score (nSPS) is 26.3. The van der Waals surface area contributed by atoms with E-state index >= 15 is 0 Å². The van der Waals surface area contributed by atoms with Crippen LogP contribution in [-0.2, 0) is 36.0 Å². The Bertz CT molecular complexity index is 906. The predicted molar refractivity (Wildman–Crippen MR) is 110 cm³/mol. The molecule has 0 spiro atoms. The SMILES string of the molecule is CC1(Cl)C([SiH2]C2=Cc3ccccc3C2(Cl)CCO)=Cc2ccccc21.[Zr]. The maximum atomic E-state index is 9.60. The van der Waals surface area contributed by atoms with E-state index in [1.807, 2.05) is 18.2 Å². The van der Waals surface area contributed by atoms with Gasteiger partial charge >= 0.3 is 0 Å². The Balaban J connectivity index is 0.00000196. The molecule has 0 amide bonds. The van der Waals surface area contributed by atoms with Gasteiger partial charge in [0.2, 0.25) is 0 Å². The monoisotopic (exact) mass is 476 g/mol. The fourth-order valence-electron chi connectivity index (χ4n) is 4.07. The van der Waals surface area contributed by atoms with Gasteiger partial charge in [-0.1, -0.05) is 71.1 Å². The first-order valence-corrected chi connectivity index (χ1v) is 10.7. The van der Waals surface area contributed by atoms with Crippen LogP contribution >= 0.6 is 23.2 Å². The summed E-state index contributed by atoms with van der Waals surface area (Å²) in [5.41, 5.74) is 4.67. The van der Waals surface area contributed by atoms with Gasteiger partial charge in [0, 0.05) is 32.8 Å². The molecule has 2 aliphatic carbocycles. The smallest absolute Gasteiger partial charge is 0.0897 e. The van der Waals surface area contributed by atoms with Crippen LogP contribution < -0.4 is 0 Å². The van der Waals surface area contributed by atoms with E-state index in [2.05, 4.69) is 49.4 Å². The molecule has 132 valence electrons. The average molecular weight is 479 g/mol. The van der Waals surface area contributed by atoms with Gasteiger partial charge in [-0.2, -0.15) is 0 Å². The molecule has 2 aromatic rings. The van der Waals surface area contributed by atoms with Gasteiger partial charge in [0.25, 0.3) is 0 Å². The van der Waals surface area contributed by atoms with Gasteiger partial charge in [-0.05, 0) is 35.6 Å². The Morgan fingerprint density at radius 1 is 0.885 bits per heavy atom. The van der Waals surface area contributed by atoms with E-state index in [1.165, 1.54) is 27.1 Å². The number of hydrogen-bond acceptors (Lipinski definition) is 1. The summed E-state index contributed by atoms with van der Waals surface area (Å²) in [6.07, 6.45) is 5.00. The fraction of sp³-hybridized carbons (Fsp3) is 0.238. The Morgan fingerprint density at radius 3 is 2.04 bits per heavy atom. The summed E-state index contributed by atoms with van der Waals surface area (Å²) in [7, 11) is -0.845. The molecular weight excluding hydrogens is 458 g/mol. The van der Waals surface area contributed by atoms with Crippen molar-refractivity contribution >= 4 is 44.9 Å². The third-order valence-corrected chi connectivity index (χ3v) is 9.47. The van der Waals surface area contributed by atoms with Crippen molar-refractivity contribution in [1.82, 2.24) is 0 Å². The molecule has 2 aromatic carbocycles. The second-order valence-corrected chi connectivity index (χ2v) is 10.2. The predicted octanol–water partition coefficient (Wildman–Crippen LogP) is 4.53. The first-order chi connectivity index (χ1) is 12.0. The first-order valence-electron chi connectivity index (χ1n) is 8.56. The zero-order valence-electron chi connectivity index (χ0n) is 14.6. The third-order valence-electron chi connectivity index (χ3n) is 5.46. The van der Waals surface area contributed by atoms with Gasteiger partial charge in [0.1, 0.15) is 0 Å². The number of aliphatic hydroxyl groups is 1. The molecule has 2 aliphatic rings. The Hall–Kier alpha value is -0.440. The molecule has 1 N–H and O–H groups in total. The zero-order valence-corrected chi connectivity index (χ0v) is 20.0. The zero-order chi connectivity index (χ0) is 17.7. The summed E-state index contributed by atoms with van der Waals surface area (Å²) in [6.45, 7) is 2.16. The molecule has 1 nitrogen and oxygen atoms in total. The minimum Gasteiger partial charge on any atom is -0.396 e. The van der Waals surface area contributed by atoms with Crippen LogP contribution in [0.4, 0.5) is 0 Å². The van der Waals surface area contributed by atoms with Crippen molar-refractivity contribution in [2.24, 2.45) is 0 Å². The molecule has 2 unspecified atom stereocenters. The number of rotatable bonds is 4. The van der Waals surface area contributed by atoms with E-state index in [1.54, 1.807) is 0 Å². The number of benzene rings is 2. The average Bonchev–Trinajstić information content (AvgIpc) is 3.01. The minimum absolute atomic E-state index is 0. The summed E-state index contributed by atoms with van der Waals surface area (Å²) < 4.78 is 0. The number of hydrogen-bond donors (Lipinski definition) is 1. The Kier molecular flexibility index (Phi) is 5.88. The molecule has 4 rings (SSSR count). The molecule has 5 heteroatoms. The molecule has 0 fully saturated rings. The van der Waals surface area contributed by atoms with Gasteiger partial charge < -0.3 is 5.11 Å². The van der Waals surface area contributed by atoms with Crippen molar-refractivity contribution in [2.75, 3.05) is 6.61 Å². The molecule has 0 bridgehead atoms. The number of allylic oxidation sites excluding steroid dienone is 2. The van der Waals surface area contributed by atoms with Gasteiger partial charge in [-0.15, -0.1) is 23.2 Å². The van der Waals surface area contributed by atoms with Crippen LogP contribution in [0.15, 0.2) is 58.9 Å². The quantitative estimate of drug-likeness (QED) is 0.506. The van der Waals surface area contributed by atoms with Crippen LogP contribution in [0.1, 0.15) is 35.6 Å². The van der Waals surface area contributed by atoms with Crippen molar-refractivity contribution in [3.63, 3.8) is 0 Å². The van der Waals surface area contributed by atoms with Crippen LogP contribution in [0.3, 0.4) is 0 Å².